The van der Waals surface area contributed by atoms with Crippen molar-refractivity contribution in [2.24, 2.45) is 11.5 Å². The Hall–Kier alpha value is -2.68. The van der Waals surface area contributed by atoms with E-state index in [2.05, 4.69) is 20.7 Å². The molecule has 27 heavy (non-hydrogen) atoms. The molecular weight excluding hydrogens is 349 g/mol. The number of nitrogens with one attached hydrogen (secondary N) is 2. The van der Waals surface area contributed by atoms with Gasteiger partial charge in [-0.25, -0.2) is 9.37 Å². The van der Waals surface area contributed by atoms with Crippen LogP contribution in [0.1, 0.15) is 55.9 Å². The van der Waals surface area contributed by atoms with Gasteiger partial charge in [0.05, 0.1) is 17.4 Å². The van der Waals surface area contributed by atoms with E-state index in [9.17, 15) is 9.18 Å². The lowest BCUT2D eigenvalue weighted by Crippen LogP contribution is -2.43. The number of rotatable bonds is 6. The van der Waals surface area contributed by atoms with Crippen LogP contribution in [0.15, 0.2) is 18.5 Å². The van der Waals surface area contributed by atoms with Gasteiger partial charge in [0, 0.05) is 24.3 Å². The number of hydrogen-bond acceptors (Lipinski definition) is 6. The highest BCUT2D eigenvalue weighted by molar-refractivity contribution is 5.98. The summed E-state index contributed by atoms with van der Waals surface area (Å²) < 4.78 is 16.3. The lowest BCUT2D eigenvalue weighted by atomic mass is 9.91. The molecule has 1 aliphatic carbocycles. The molecule has 6 N–H and O–H groups in total. The summed E-state index contributed by atoms with van der Waals surface area (Å²) in [7, 11) is 0. The Labute approximate surface area is 157 Å². The monoisotopic (exact) mass is 375 g/mol. The predicted molar refractivity (Wildman–Crippen MR) is 102 cm³/mol. The second-order valence-electron chi connectivity index (χ2n) is 7.21. The van der Waals surface area contributed by atoms with Crippen molar-refractivity contribution < 1.29 is 9.18 Å². The molecule has 0 aromatic carbocycles. The lowest BCUT2D eigenvalue weighted by Gasteiger charge is -2.30. The van der Waals surface area contributed by atoms with E-state index in [0.717, 1.165) is 31.7 Å². The van der Waals surface area contributed by atoms with E-state index in [1.54, 1.807) is 17.1 Å². The zero-order valence-corrected chi connectivity index (χ0v) is 15.6. The molecule has 8 nitrogen and oxygen atoms in total. The number of nitrogens with two attached hydrogens (primary N) is 2. The number of aromatic nitrogens is 3. The summed E-state index contributed by atoms with van der Waals surface area (Å²) in [5.41, 5.74) is 12.1. The van der Waals surface area contributed by atoms with Crippen LogP contribution in [0, 0.1) is 5.82 Å². The Morgan fingerprint density at radius 1 is 1.33 bits per heavy atom. The van der Waals surface area contributed by atoms with Crippen molar-refractivity contribution in [1.29, 1.82) is 0 Å². The third-order valence-corrected chi connectivity index (χ3v) is 4.78. The van der Waals surface area contributed by atoms with E-state index >= 15 is 0 Å². The van der Waals surface area contributed by atoms with Crippen molar-refractivity contribution in [2.45, 2.75) is 57.7 Å². The van der Waals surface area contributed by atoms with E-state index in [1.807, 2.05) is 13.8 Å². The first kappa shape index (κ1) is 19.1. The molecule has 146 valence electrons. The summed E-state index contributed by atoms with van der Waals surface area (Å²) in [5.74, 6) is -1.16. The summed E-state index contributed by atoms with van der Waals surface area (Å²) in [6.45, 7) is 3.99. The van der Waals surface area contributed by atoms with Gasteiger partial charge in [-0.05, 0) is 32.8 Å². The SMILES string of the molecule is CC(C)n1cc(Nc2nc(NC3CCCCC3N)c(F)cc2C(N)=O)cn1. The van der Waals surface area contributed by atoms with Crippen molar-refractivity contribution >= 4 is 23.2 Å². The second-order valence-corrected chi connectivity index (χ2v) is 7.21. The van der Waals surface area contributed by atoms with E-state index in [-0.39, 0.29) is 35.3 Å². The standard InChI is InChI=1S/C18H26FN7O/c1-10(2)26-9-11(8-22-26)23-17-12(16(21)27)7-13(19)18(25-17)24-15-6-4-3-5-14(15)20/h7-10,14-15H,3-6,20H2,1-2H3,(H2,21,27)(H2,23,24,25). The van der Waals surface area contributed by atoms with Gasteiger partial charge in [-0.1, -0.05) is 12.8 Å². The van der Waals surface area contributed by atoms with E-state index < -0.39 is 11.7 Å². The molecule has 0 spiro atoms. The molecule has 2 unspecified atom stereocenters. The third kappa shape index (κ3) is 4.36. The van der Waals surface area contributed by atoms with Gasteiger partial charge in [-0.2, -0.15) is 5.10 Å². The van der Waals surface area contributed by atoms with Crippen LogP contribution < -0.4 is 22.1 Å². The first-order valence-electron chi connectivity index (χ1n) is 9.18. The van der Waals surface area contributed by atoms with Crippen LogP contribution in [0.25, 0.3) is 0 Å². The number of primary amides is 1. The molecule has 3 rings (SSSR count). The number of carbonyl (C=O) groups excluding carboxylic acids is 1. The summed E-state index contributed by atoms with van der Waals surface area (Å²) in [5, 5.41) is 10.3. The van der Waals surface area contributed by atoms with Crippen molar-refractivity contribution in [3.8, 4) is 0 Å². The van der Waals surface area contributed by atoms with Gasteiger partial charge in [-0.3, -0.25) is 9.48 Å². The molecule has 2 heterocycles. The average Bonchev–Trinajstić information content (AvgIpc) is 3.08. The maximum Gasteiger partial charge on any atom is 0.252 e. The fraction of sp³-hybridized carbons (Fsp3) is 0.500. The Morgan fingerprint density at radius 3 is 2.70 bits per heavy atom. The van der Waals surface area contributed by atoms with Gasteiger partial charge < -0.3 is 22.1 Å². The summed E-state index contributed by atoms with van der Waals surface area (Å²) in [6, 6.07) is 1.16. The molecule has 1 fully saturated rings. The maximum absolute atomic E-state index is 14.5. The minimum absolute atomic E-state index is 0.0247. The quantitative estimate of drug-likeness (QED) is 0.615. The maximum atomic E-state index is 14.5. The second kappa shape index (κ2) is 7.91. The minimum Gasteiger partial charge on any atom is -0.365 e. The largest absolute Gasteiger partial charge is 0.365 e. The number of pyridine rings is 1. The highest BCUT2D eigenvalue weighted by atomic mass is 19.1. The zero-order chi connectivity index (χ0) is 19.6. The zero-order valence-electron chi connectivity index (χ0n) is 15.6. The van der Waals surface area contributed by atoms with Crippen LogP contribution in [0.3, 0.4) is 0 Å². The lowest BCUT2D eigenvalue weighted by molar-refractivity contribution is 0.100. The first-order chi connectivity index (χ1) is 12.8. The smallest absolute Gasteiger partial charge is 0.252 e. The van der Waals surface area contributed by atoms with Gasteiger partial charge in [0.2, 0.25) is 0 Å². The number of halogens is 1. The minimum atomic E-state index is -0.763. The van der Waals surface area contributed by atoms with Crippen molar-refractivity contribution in [3.05, 3.63) is 29.8 Å². The van der Waals surface area contributed by atoms with Gasteiger partial charge in [0.1, 0.15) is 5.82 Å². The summed E-state index contributed by atoms with van der Waals surface area (Å²) in [4.78, 5) is 16.0. The fourth-order valence-electron chi connectivity index (χ4n) is 3.21. The molecule has 1 amide bonds. The van der Waals surface area contributed by atoms with Crippen LogP contribution in [-0.4, -0.2) is 32.8 Å². The Bertz CT molecular complexity index is 820. The fourth-order valence-corrected chi connectivity index (χ4v) is 3.21. The molecule has 0 aliphatic heterocycles. The van der Waals surface area contributed by atoms with Gasteiger partial charge in [0.25, 0.3) is 5.91 Å². The molecule has 9 heteroatoms. The van der Waals surface area contributed by atoms with Crippen molar-refractivity contribution in [1.82, 2.24) is 14.8 Å². The van der Waals surface area contributed by atoms with Crippen LogP contribution >= 0.6 is 0 Å². The number of hydrogen-bond donors (Lipinski definition) is 4. The van der Waals surface area contributed by atoms with E-state index in [0.29, 0.717) is 5.69 Å². The Morgan fingerprint density at radius 2 is 2.07 bits per heavy atom. The molecule has 0 bridgehead atoms. The van der Waals surface area contributed by atoms with Crippen molar-refractivity contribution in [3.63, 3.8) is 0 Å². The molecule has 1 saturated carbocycles. The number of anilines is 3. The number of carbonyl (C=O) groups is 1. The highest BCUT2D eigenvalue weighted by Crippen LogP contribution is 2.26. The van der Waals surface area contributed by atoms with Gasteiger partial charge >= 0.3 is 0 Å². The molecule has 2 aromatic heterocycles. The number of nitrogens with zero attached hydrogens (tertiary/aromatic N) is 3. The molecule has 0 saturated heterocycles. The first-order valence-corrected chi connectivity index (χ1v) is 9.18. The molecule has 2 atom stereocenters. The average molecular weight is 375 g/mol. The highest BCUT2D eigenvalue weighted by Gasteiger charge is 2.24. The van der Waals surface area contributed by atoms with Gasteiger partial charge in [0.15, 0.2) is 11.6 Å². The molecule has 1 aliphatic rings. The van der Waals surface area contributed by atoms with Crippen LogP contribution in [0.4, 0.5) is 21.7 Å². The normalized spacial score (nSPS) is 19.9. The van der Waals surface area contributed by atoms with Crippen LogP contribution in [-0.2, 0) is 0 Å². The number of amides is 1. The molecule has 0 radical (unpaired) electrons. The topological polar surface area (TPSA) is 124 Å². The molecular formula is C18H26FN7O. The molecule has 2 aromatic rings. The summed E-state index contributed by atoms with van der Waals surface area (Å²) in [6.07, 6.45) is 7.24. The third-order valence-electron chi connectivity index (χ3n) is 4.78. The van der Waals surface area contributed by atoms with Crippen molar-refractivity contribution in [2.75, 3.05) is 10.6 Å². The Balaban J connectivity index is 1.89. The van der Waals surface area contributed by atoms with Crippen LogP contribution in [0.2, 0.25) is 0 Å². The van der Waals surface area contributed by atoms with E-state index in [1.165, 1.54) is 0 Å². The van der Waals surface area contributed by atoms with Crippen LogP contribution in [0.5, 0.6) is 0 Å². The van der Waals surface area contributed by atoms with Gasteiger partial charge in [-0.15, -0.1) is 0 Å². The Kier molecular flexibility index (Phi) is 5.59. The summed E-state index contributed by atoms with van der Waals surface area (Å²) >= 11 is 0. The van der Waals surface area contributed by atoms with E-state index in [4.69, 9.17) is 11.5 Å². The predicted octanol–water partition coefficient (Wildman–Crippen LogP) is 2.52.